The van der Waals surface area contributed by atoms with Crippen LogP contribution in [0.25, 0.3) is 10.3 Å². The number of methoxy groups -OCH3 is 1. The Hall–Kier alpha value is -2.42. The van der Waals surface area contributed by atoms with E-state index < -0.39 is 12.1 Å². The van der Waals surface area contributed by atoms with Crippen LogP contribution in [0.4, 0.5) is 9.93 Å². The summed E-state index contributed by atoms with van der Waals surface area (Å²) >= 11 is 1.56. The van der Waals surface area contributed by atoms with E-state index in [1.54, 1.807) is 22.4 Å². The van der Waals surface area contributed by atoms with Gasteiger partial charge in [0.1, 0.15) is 16.4 Å². The molecule has 8 nitrogen and oxygen atoms in total. The third-order valence-corrected chi connectivity index (χ3v) is 5.45. The number of hydrogen-bond acceptors (Lipinski definition) is 7. The molecule has 1 fully saturated rings. The molecule has 0 aliphatic carbocycles. The van der Waals surface area contributed by atoms with E-state index in [0.29, 0.717) is 26.2 Å². The molecule has 0 bridgehead atoms. The van der Waals surface area contributed by atoms with Crippen molar-refractivity contribution in [2.24, 2.45) is 5.92 Å². The SMILES string of the molecule is COC(=O)N[C@H](C(=O)N1CCN(c2nc3cccnc3s2)CC1)C(C)C. The number of thiazole rings is 1. The van der Waals surface area contributed by atoms with Gasteiger partial charge in [0, 0.05) is 32.4 Å². The third kappa shape index (κ3) is 3.87. The van der Waals surface area contributed by atoms with Crippen LogP contribution in [0.2, 0.25) is 0 Å². The van der Waals surface area contributed by atoms with E-state index in [-0.39, 0.29) is 11.8 Å². The van der Waals surface area contributed by atoms with Gasteiger partial charge in [-0.15, -0.1) is 0 Å². The van der Waals surface area contributed by atoms with Crippen molar-refractivity contribution in [3.05, 3.63) is 18.3 Å². The van der Waals surface area contributed by atoms with E-state index in [2.05, 4.69) is 24.9 Å². The Balaban J connectivity index is 1.63. The Morgan fingerprint density at radius 1 is 1.27 bits per heavy atom. The number of alkyl carbamates (subject to hydrolysis) is 1. The Labute approximate surface area is 156 Å². The minimum atomic E-state index is -0.585. The van der Waals surface area contributed by atoms with Crippen LogP contribution in [0.1, 0.15) is 13.8 Å². The summed E-state index contributed by atoms with van der Waals surface area (Å²) in [4.78, 5) is 38.1. The first-order valence-corrected chi connectivity index (χ1v) is 9.41. The molecule has 0 radical (unpaired) electrons. The molecule has 1 atom stereocenters. The molecule has 26 heavy (non-hydrogen) atoms. The van der Waals surface area contributed by atoms with E-state index in [1.165, 1.54) is 7.11 Å². The van der Waals surface area contributed by atoms with E-state index >= 15 is 0 Å². The van der Waals surface area contributed by atoms with Crippen LogP contribution in [0.3, 0.4) is 0 Å². The molecule has 2 aromatic heterocycles. The highest BCUT2D eigenvalue weighted by Crippen LogP contribution is 2.27. The summed E-state index contributed by atoms with van der Waals surface area (Å²) in [7, 11) is 1.29. The fourth-order valence-corrected chi connectivity index (χ4v) is 3.87. The number of amides is 2. The normalized spacial score (nSPS) is 16.0. The van der Waals surface area contributed by atoms with Gasteiger partial charge >= 0.3 is 6.09 Å². The second-order valence-electron chi connectivity index (χ2n) is 6.49. The van der Waals surface area contributed by atoms with Crippen LogP contribution in [0, 0.1) is 5.92 Å². The van der Waals surface area contributed by atoms with Gasteiger partial charge in [0.05, 0.1) is 7.11 Å². The number of nitrogens with zero attached hydrogens (tertiary/aromatic N) is 4. The number of anilines is 1. The molecule has 2 amide bonds. The van der Waals surface area contributed by atoms with Crippen LogP contribution in [-0.4, -0.2) is 66.2 Å². The molecule has 140 valence electrons. The number of ether oxygens (including phenoxy) is 1. The quantitative estimate of drug-likeness (QED) is 0.873. The topological polar surface area (TPSA) is 87.7 Å². The zero-order valence-corrected chi connectivity index (χ0v) is 16.0. The predicted molar refractivity (Wildman–Crippen MR) is 100 cm³/mol. The van der Waals surface area contributed by atoms with Gasteiger partial charge < -0.3 is 19.9 Å². The van der Waals surface area contributed by atoms with Crippen LogP contribution < -0.4 is 10.2 Å². The molecule has 0 unspecified atom stereocenters. The van der Waals surface area contributed by atoms with Crippen molar-refractivity contribution in [3.63, 3.8) is 0 Å². The summed E-state index contributed by atoms with van der Waals surface area (Å²) in [5, 5.41) is 3.57. The zero-order valence-electron chi connectivity index (χ0n) is 15.1. The number of rotatable bonds is 4. The highest BCUT2D eigenvalue weighted by molar-refractivity contribution is 7.21. The summed E-state index contributed by atoms with van der Waals surface area (Å²) in [6.45, 7) is 6.40. The second-order valence-corrected chi connectivity index (χ2v) is 7.45. The lowest BCUT2D eigenvalue weighted by Gasteiger charge is -2.37. The Bertz CT molecular complexity index is 753. The molecule has 3 rings (SSSR count). The Morgan fingerprint density at radius 2 is 2.00 bits per heavy atom. The van der Waals surface area contributed by atoms with Gasteiger partial charge in [-0.3, -0.25) is 4.79 Å². The lowest BCUT2D eigenvalue weighted by molar-refractivity contribution is -0.134. The van der Waals surface area contributed by atoms with Gasteiger partial charge in [0.2, 0.25) is 5.91 Å². The average Bonchev–Trinajstić information content (AvgIpc) is 3.09. The van der Waals surface area contributed by atoms with E-state index in [1.807, 2.05) is 26.0 Å². The standard InChI is InChI=1S/C17H23N5O3S/c1-11(2)13(20-17(24)25-3)15(23)21-7-9-22(10-8-21)16-19-12-5-4-6-18-14(12)26-16/h4-6,11,13H,7-10H2,1-3H3,(H,20,24)/t13-/m0/s1. The highest BCUT2D eigenvalue weighted by Gasteiger charge is 2.31. The van der Waals surface area contributed by atoms with E-state index in [0.717, 1.165) is 15.5 Å². The van der Waals surface area contributed by atoms with Crippen molar-refractivity contribution in [1.82, 2.24) is 20.2 Å². The zero-order chi connectivity index (χ0) is 18.7. The average molecular weight is 377 g/mol. The summed E-state index contributed by atoms with van der Waals surface area (Å²) in [6, 6.07) is 3.25. The molecule has 2 aromatic rings. The van der Waals surface area contributed by atoms with Gasteiger partial charge in [0.25, 0.3) is 0 Å². The van der Waals surface area contributed by atoms with Crippen LogP contribution in [0.15, 0.2) is 18.3 Å². The molecule has 0 spiro atoms. The number of carbonyl (C=O) groups is 2. The van der Waals surface area contributed by atoms with Gasteiger partial charge in [-0.1, -0.05) is 25.2 Å². The first-order chi connectivity index (χ1) is 12.5. The minimum absolute atomic E-state index is 0.0186. The van der Waals surface area contributed by atoms with Crippen LogP contribution in [0.5, 0.6) is 0 Å². The fourth-order valence-electron chi connectivity index (χ4n) is 2.91. The van der Waals surface area contributed by atoms with Gasteiger partial charge in [-0.05, 0) is 18.1 Å². The molecular formula is C17H23N5O3S. The van der Waals surface area contributed by atoms with Crippen LogP contribution >= 0.6 is 11.3 Å². The summed E-state index contributed by atoms with van der Waals surface area (Å²) < 4.78 is 4.63. The molecule has 1 aliphatic rings. The number of nitrogens with one attached hydrogen (secondary N) is 1. The lowest BCUT2D eigenvalue weighted by atomic mass is 10.0. The molecule has 1 N–H and O–H groups in total. The Morgan fingerprint density at radius 3 is 2.62 bits per heavy atom. The number of aromatic nitrogens is 2. The predicted octanol–water partition coefficient (Wildman–Crippen LogP) is 1.72. The number of carbonyl (C=O) groups excluding carboxylic acids is 2. The number of piperazine rings is 1. The van der Waals surface area contributed by atoms with E-state index in [9.17, 15) is 9.59 Å². The molecule has 0 saturated carbocycles. The lowest BCUT2D eigenvalue weighted by Crippen LogP contribution is -2.56. The summed E-state index contributed by atoms with van der Waals surface area (Å²) in [6.07, 6.45) is 1.18. The maximum atomic E-state index is 12.8. The van der Waals surface area contributed by atoms with E-state index in [4.69, 9.17) is 0 Å². The van der Waals surface area contributed by atoms with Crippen molar-refractivity contribution in [2.75, 3.05) is 38.2 Å². The van der Waals surface area contributed by atoms with Crippen molar-refractivity contribution < 1.29 is 14.3 Å². The maximum absolute atomic E-state index is 12.8. The monoisotopic (exact) mass is 377 g/mol. The van der Waals surface area contributed by atoms with Crippen LogP contribution in [-0.2, 0) is 9.53 Å². The van der Waals surface area contributed by atoms with Crippen molar-refractivity contribution in [3.8, 4) is 0 Å². The minimum Gasteiger partial charge on any atom is -0.453 e. The fraction of sp³-hybridized carbons (Fsp3) is 0.529. The Kier molecular flexibility index (Phi) is 5.55. The number of fused-ring (bicyclic) bond motifs is 1. The van der Waals surface area contributed by atoms with Crippen molar-refractivity contribution in [2.45, 2.75) is 19.9 Å². The molecule has 9 heteroatoms. The molecular weight excluding hydrogens is 354 g/mol. The van der Waals surface area contributed by atoms with Crippen molar-refractivity contribution in [1.29, 1.82) is 0 Å². The van der Waals surface area contributed by atoms with Crippen molar-refractivity contribution >= 4 is 38.8 Å². The van der Waals surface area contributed by atoms with Gasteiger partial charge in [-0.2, -0.15) is 0 Å². The first kappa shape index (κ1) is 18.4. The van der Waals surface area contributed by atoms with Gasteiger partial charge in [-0.25, -0.2) is 14.8 Å². The molecule has 3 heterocycles. The smallest absolute Gasteiger partial charge is 0.407 e. The second kappa shape index (κ2) is 7.86. The molecule has 0 aromatic carbocycles. The number of hydrogen-bond donors (Lipinski definition) is 1. The maximum Gasteiger partial charge on any atom is 0.407 e. The van der Waals surface area contributed by atoms with Gasteiger partial charge in [0.15, 0.2) is 5.13 Å². The molecule has 1 aliphatic heterocycles. The largest absolute Gasteiger partial charge is 0.453 e. The summed E-state index contributed by atoms with van der Waals surface area (Å²) in [5.74, 6) is -0.0917. The first-order valence-electron chi connectivity index (χ1n) is 8.59. The number of pyridine rings is 1. The highest BCUT2D eigenvalue weighted by atomic mass is 32.1. The third-order valence-electron chi connectivity index (χ3n) is 4.41. The summed E-state index contributed by atoms with van der Waals surface area (Å²) in [5.41, 5.74) is 0.896. The molecule has 1 saturated heterocycles.